The van der Waals surface area contributed by atoms with Gasteiger partial charge in [0.1, 0.15) is 5.69 Å². The van der Waals surface area contributed by atoms with Gasteiger partial charge < -0.3 is 29.9 Å². The molecule has 1 fully saturated rings. The second-order valence-corrected chi connectivity index (χ2v) is 10.8. The van der Waals surface area contributed by atoms with E-state index in [1.807, 2.05) is 30.3 Å². The van der Waals surface area contributed by atoms with Crippen LogP contribution in [0, 0.1) is 0 Å². The Morgan fingerprint density at radius 2 is 2.02 bits per heavy atom. The Kier molecular flexibility index (Phi) is 9.24. The molecular formula is C32H42N6O3. The number of rotatable bonds is 12. The maximum Gasteiger partial charge on any atom is 0.277 e. The molecule has 0 aliphatic carbocycles. The van der Waals surface area contributed by atoms with E-state index in [0.29, 0.717) is 42.2 Å². The van der Waals surface area contributed by atoms with Gasteiger partial charge in [0.05, 0.1) is 20.3 Å². The maximum atomic E-state index is 13.6. The molecule has 0 bridgehead atoms. The molecule has 2 aliphatic rings. The van der Waals surface area contributed by atoms with Crippen molar-refractivity contribution in [1.29, 1.82) is 0 Å². The van der Waals surface area contributed by atoms with Gasteiger partial charge in [-0.25, -0.2) is 9.97 Å². The first-order chi connectivity index (χ1) is 20.0. The summed E-state index contributed by atoms with van der Waals surface area (Å²) in [5.41, 5.74) is 4.97. The van der Waals surface area contributed by atoms with Crippen molar-refractivity contribution >= 4 is 23.0 Å². The van der Waals surface area contributed by atoms with E-state index in [4.69, 9.17) is 14.5 Å². The van der Waals surface area contributed by atoms with E-state index in [9.17, 15) is 4.79 Å². The van der Waals surface area contributed by atoms with Gasteiger partial charge in [-0.1, -0.05) is 13.3 Å². The summed E-state index contributed by atoms with van der Waals surface area (Å²) < 4.78 is 11.7. The summed E-state index contributed by atoms with van der Waals surface area (Å²) in [6.07, 6.45) is 7.50. The number of carbonyl (C=O) groups is 1. The second kappa shape index (κ2) is 13.2. The predicted octanol–water partition coefficient (Wildman–Crippen LogP) is 5.50. The highest BCUT2D eigenvalue weighted by Gasteiger charge is 2.32. The fourth-order valence-corrected chi connectivity index (χ4v) is 5.43. The summed E-state index contributed by atoms with van der Waals surface area (Å²) in [6.45, 7) is 8.11. The van der Waals surface area contributed by atoms with Gasteiger partial charge in [-0.15, -0.1) is 0 Å². The summed E-state index contributed by atoms with van der Waals surface area (Å²) in [4.78, 5) is 27.0. The summed E-state index contributed by atoms with van der Waals surface area (Å²) in [6, 6.07) is 12.4. The zero-order valence-corrected chi connectivity index (χ0v) is 24.7. The zero-order chi connectivity index (χ0) is 28.8. The van der Waals surface area contributed by atoms with Gasteiger partial charge in [-0.05, 0) is 69.5 Å². The largest absolute Gasteiger partial charge is 0.493 e. The highest BCUT2D eigenvalue weighted by molar-refractivity contribution is 6.09. The molecule has 1 atom stereocenters. The fraction of sp³-hybridized carbons (Fsp3) is 0.469. The van der Waals surface area contributed by atoms with Gasteiger partial charge in [-0.2, -0.15) is 0 Å². The van der Waals surface area contributed by atoms with Crippen LogP contribution in [0.25, 0.3) is 11.4 Å². The van der Waals surface area contributed by atoms with Crippen molar-refractivity contribution in [1.82, 2.24) is 15.3 Å². The first-order valence-corrected chi connectivity index (χ1v) is 14.8. The third-order valence-corrected chi connectivity index (χ3v) is 7.94. The van der Waals surface area contributed by atoms with Gasteiger partial charge in [0, 0.05) is 66.6 Å². The third kappa shape index (κ3) is 6.40. The van der Waals surface area contributed by atoms with Crippen LogP contribution in [0.2, 0.25) is 0 Å². The van der Waals surface area contributed by atoms with Crippen LogP contribution < -0.4 is 29.9 Å². The van der Waals surface area contributed by atoms with Crippen LogP contribution in [-0.4, -0.2) is 62.3 Å². The molecule has 9 heteroatoms. The van der Waals surface area contributed by atoms with Crippen molar-refractivity contribution in [2.45, 2.75) is 58.5 Å². The zero-order valence-electron chi connectivity index (χ0n) is 24.7. The van der Waals surface area contributed by atoms with Crippen molar-refractivity contribution in [3.05, 3.63) is 53.9 Å². The lowest BCUT2D eigenvalue weighted by atomic mass is 10.0. The summed E-state index contributed by atoms with van der Waals surface area (Å²) >= 11 is 0. The molecule has 41 heavy (non-hydrogen) atoms. The number of amides is 1. The van der Waals surface area contributed by atoms with E-state index in [1.54, 1.807) is 18.2 Å². The number of ether oxygens (including phenoxy) is 2. The summed E-state index contributed by atoms with van der Waals surface area (Å²) in [5, 5.41) is 7.01. The van der Waals surface area contributed by atoms with Crippen LogP contribution in [0.5, 0.6) is 11.5 Å². The van der Waals surface area contributed by atoms with Gasteiger partial charge in [0.15, 0.2) is 17.3 Å². The van der Waals surface area contributed by atoms with Crippen LogP contribution in [0.3, 0.4) is 0 Å². The minimum Gasteiger partial charge on any atom is -0.493 e. The Labute approximate surface area is 243 Å². The molecule has 1 aromatic heterocycles. The molecule has 2 N–H and O–H groups in total. The Morgan fingerprint density at radius 1 is 1.15 bits per heavy atom. The molecule has 1 unspecified atom stereocenters. The van der Waals surface area contributed by atoms with Crippen LogP contribution >= 0.6 is 0 Å². The highest BCUT2D eigenvalue weighted by atomic mass is 16.5. The molecule has 9 nitrogen and oxygen atoms in total. The second-order valence-electron chi connectivity index (χ2n) is 10.8. The number of anilines is 3. The van der Waals surface area contributed by atoms with E-state index in [1.165, 1.54) is 19.3 Å². The number of hydrogen-bond acceptors (Lipinski definition) is 8. The van der Waals surface area contributed by atoms with Crippen LogP contribution in [-0.2, 0) is 6.54 Å². The van der Waals surface area contributed by atoms with Gasteiger partial charge in [-0.3, -0.25) is 4.79 Å². The lowest BCUT2D eigenvalue weighted by Crippen LogP contribution is -2.35. The van der Waals surface area contributed by atoms with Gasteiger partial charge in [0.25, 0.3) is 5.91 Å². The number of aromatic nitrogens is 2. The molecule has 1 saturated heterocycles. The molecule has 3 aromatic rings. The molecule has 3 heterocycles. The Hall–Kier alpha value is -3.85. The highest BCUT2D eigenvalue weighted by Crippen LogP contribution is 2.37. The third-order valence-electron chi connectivity index (χ3n) is 7.94. The number of fused-ring (bicyclic) bond motifs is 1. The summed E-state index contributed by atoms with van der Waals surface area (Å²) in [7, 11) is 3.68. The van der Waals surface area contributed by atoms with Gasteiger partial charge >= 0.3 is 0 Å². The number of nitrogens with zero attached hydrogens (tertiary/aromatic N) is 4. The first-order valence-electron chi connectivity index (χ1n) is 14.8. The monoisotopic (exact) mass is 558 g/mol. The lowest BCUT2D eigenvalue weighted by molar-refractivity contribution is 0.0992. The lowest BCUT2D eigenvalue weighted by Gasteiger charge is -2.23. The van der Waals surface area contributed by atoms with Crippen LogP contribution in [0.15, 0.2) is 42.6 Å². The van der Waals surface area contributed by atoms with Crippen molar-refractivity contribution in [3.63, 3.8) is 0 Å². The van der Waals surface area contributed by atoms with Crippen LogP contribution in [0.4, 0.5) is 17.1 Å². The normalized spacial score (nSPS) is 16.4. The average molecular weight is 559 g/mol. The van der Waals surface area contributed by atoms with E-state index >= 15 is 0 Å². The predicted molar refractivity (Wildman–Crippen MR) is 164 cm³/mol. The van der Waals surface area contributed by atoms with Crippen molar-refractivity contribution in [3.8, 4) is 22.9 Å². The van der Waals surface area contributed by atoms with Crippen molar-refractivity contribution in [2.75, 3.05) is 55.5 Å². The molecule has 2 aliphatic heterocycles. The van der Waals surface area contributed by atoms with Crippen molar-refractivity contribution < 1.29 is 14.3 Å². The average Bonchev–Trinajstić information content (AvgIpc) is 3.35. The number of methoxy groups -OCH3 is 1. The number of piperidine rings is 1. The number of nitrogens with one attached hydrogen (secondary N) is 2. The summed E-state index contributed by atoms with van der Waals surface area (Å²) in [5.74, 6) is 1.70. The van der Waals surface area contributed by atoms with Crippen molar-refractivity contribution in [2.24, 2.45) is 0 Å². The van der Waals surface area contributed by atoms with Crippen LogP contribution in [0.1, 0.15) is 62.0 Å². The molecule has 0 radical (unpaired) electrons. The van der Waals surface area contributed by atoms with E-state index in [0.717, 1.165) is 60.7 Å². The topological polar surface area (TPSA) is 91.9 Å². The number of carbonyl (C=O) groups excluding carboxylic acids is 1. The molecule has 0 saturated carbocycles. The number of hydrogen-bond donors (Lipinski definition) is 2. The molecule has 1 amide bonds. The van der Waals surface area contributed by atoms with E-state index in [-0.39, 0.29) is 5.91 Å². The molecule has 5 rings (SSSR count). The fourth-order valence-electron chi connectivity index (χ4n) is 5.43. The number of benzene rings is 2. The molecule has 0 spiro atoms. The maximum absolute atomic E-state index is 13.6. The Balaban J connectivity index is 1.33. The smallest absolute Gasteiger partial charge is 0.277 e. The molecule has 218 valence electrons. The van der Waals surface area contributed by atoms with Gasteiger partial charge in [0.2, 0.25) is 0 Å². The quantitative estimate of drug-likeness (QED) is 0.301. The Bertz CT molecular complexity index is 1360. The molecular weight excluding hydrogens is 516 g/mol. The minimum absolute atomic E-state index is 0.144. The minimum atomic E-state index is -0.144. The van der Waals surface area contributed by atoms with E-state index in [2.05, 4.69) is 47.5 Å². The Morgan fingerprint density at radius 3 is 2.78 bits per heavy atom. The molecule has 2 aromatic carbocycles. The first kappa shape index (κ1) is 28.7. The standard InChI is InChI=1S/C32H42N6O3/c1-5-15-33-24-10-12-26(27(18-24)37(3)6-2)31-35-20-22-21-38(32(39)30(22)36-31)25-11-13-28(29(19-25)40-4)41-17-14-23-9-7-8-16-34-23/h10-13,18-20,23,33-34H,5-9,14-17,21H2,1-4H3. The van der Waals surface area contributed by atoms with E-state index < -0.39 is 0 Å². The SMILES string of the molecule is CCCNc1ccc(-c2ncc3c(n2)C(=O)N(c2ccc(OCCC4CCCCN4)c(OC)c2)C3)c(N(C)CC)c1.